The predicted molar refractivity (Wildman–Crippen MR) is 133 cm³/mol. The molecule has 2 N–H and O–H groups in total. The zero-order chi connectivity index (χ0) is 26.9. The average Bonchev–Trinajstić information content (AvgIpc) is 2.91. The van der Waals surface area contributed by atoms with Gasteiger partial charge in [0.25, 0.3) is 23.2 Å². The van der Waals surface area contributed by atoms with Gasteiger partial charge in [-0.1, -0.05) is 25.1 Å². The van der Waals surface area contributed by atoms with Gasteiger partial charge in [-0.05, 0) is 36.2 Å². The molecule has 0 saturated carbocycles. The van der Waals surface area contributed by atoms with E-state index >= 15 is 0 Å². The Kier molecular flexibility index (Phi) is 8.71. The zero-order valence-corrected chi connectivity index (χ0v) is 20.0. The summed E-state index contributed by atoms with van der Waals surface area (Å²) in [5, 5.41) is 27.5. The van der Waals surface area contributed by atoms with E-state index < -0.39 is 27.8 Å². The van der Waals surface area contributed by atoms with Crippen LogP contribution in [0.2, 0.25) is 0 Å². The first-order valence-corrected chi connectivity index (χ1v) is 11.1. The third-order valence-corrected chi connectivity index (χ3v) is 5.17. The molecule has 12 nitrogen and oxygen atoms in total. The molecule has 0 unspecified atom stereocenters. The Balaban J connectivity index is 1.95. The quantitative estimate of drug-likeness (QED) is 0.221. The van der Waals surface area contributed by atoms with Crippen LogP contribution in [0, 0.1) is 20.2 Å². The van der Waals surface area contributed by atoms with Gasteiger partial charge in [0.15, 0.2) is 11.5 Å². The molecule has 0 aliphatic heterocycles. The van der Waals surface area contributed by atoms with Crippen LogP contribution < -0.4 is 20.1 Å². The Bertz CT molecular complexity index is 1260. The predicted octanol–water partition coefficient (Wildman–Crippen LogP) is 4.16. The summed E-state index contributed by atoms with van der Waals surface area (Å²) in [5.74, 6) is -0.580. The van der Waals surface area contributed by atoms with Crippen LogP contribution in [0.15, 0.2) is 66.7 Å². The molecule has 0 radical (unpaired) electrons. The maximum atomic E-state index is 13.0. The summed E-state index contributed by atoms with van der Waals surface area (Å²) >= 11 is 0. The number of nitrogens with zero attached hydrogens (tertiary/aromatic N) is 2. The maximum Gasteiger partial charge on any atom is 0.270 e. The van der Waals surface area contributed by atoms with Crippen molar-refractivity contribution in [1.82, 2.24) is 10.6 Å². The molecule has 0 atom stereocenters. The molecule has 0 saturated heterocycles. The molecule has 0 aliphatic rings. The van der Waals surface area contributed by atoms with Gasteiger partial charge in [0.05, 0.1) is 23.6 Å². The molecule has 3 rings (SSSR count). The number of non-ortho nitro benzene ring substituents is 2. The van der Waals surface area contributed by atoms with Gasteiger partial charge in [-0.25, -0.2) is 0 Å². The van der Waals surface area contributed by atoms with Gasteiger partial charge < -0.3 is 20.1 Å². The molecule has 2 amide bonds. The van der Waals surface area contributed by atoms with Crippen molar-refractivity contribution in [3.8, 4) is 11.5 Å². The summed E-state index contributed by atoms with van der Waals surface area (Å²) < 4.78 is 11.1. The number of hydrogen-bond donors (Lipinski definition) is 2. The monoisotopic (exact) mass is 508 g/mol. The van der Waals surface area contributed by atoms with Crippen LogP contribution in [-0.2, 0) is 0 Å². The molecule has 192 valence electrons. The lowest BCUT2D eigenvalue weighted by molar-refractivity contribution is -0.385. The van der Waals surface area contributed by atoms with Gasteiger partial charge in [0.2, 0.25) is 0 Å². The summed E-state index contributed by atoms with van der Waals surface area (Å²) in [6, 6.07) is 15.0. The molecular formula is C25H24N4O8. The van der Waals surface area contributed by atoms with Crippen LogP contribution in [0.4, 0.5) is 11.4 Å². The molecular weight excluding hydrogens is 484 g/mol. The normalized spacial score (nSPS) is 10.5. The number of methoxy groups -OCH3 is 1. The molecule has 0 aliphatic carbocycles. The lowest BCUT2D eigenvalue weighted by Gasteiger charge is -2.22. The number of nitro benzene ring substituents is 2. The van der Waals surface area contributed by atoms with Gasteiger partial charge in [-0.2, -0.15) is 0 Å². The van der Waals surface area contributed by atoms with E-state index in [0.29, 0.717) is 23.7 Å². The number of nitrogens with one attached hydrogen (secondary N) is 2. The topological polar surface area (TPSA) is 163 Å². The number of benzene rings is 3. The number of amides is 2. The Hall–Kier alpha value is -5.00. The van der Waals surface area contributed by atoms with E-state index in [-0.39, 0.29) is 22.5 Å². The molecule has 0 spiro atoms. The van der Waals surface area contributed by atoms with Crippen molar-refractivity contribution >= 4 is 23.2 Å². The Morgan fingerprint density at radius 3 is 1.84 bits per heavy atom. The highest BCUT2D eigenvalue weighted by Gasteiger charge is 2.22. The van der Waals surface area contributed by atoms with Crippen molar-refractivity contribution < 1.29 is 28.9 Å². The molecule has 0 bridgehead atoms. The highest BCUT2D eigenvalue weighted by atomic mass is 16.6. The second-order valence-corrected chi connectivity index (χ2v) is 7.75. The van der Waals surface area contributed by atoms with Crippen molar-refractivity contribution in [2.24, 2.45) is 0 Å². The van der Waals surface area contributed by atoms with E-state index in [1.54, 1.807) is 18.2 Å². The molecule has 37 heavy (non-hydrogen) atoms. The Labute approximate surface area is 211 Å². The molecule has 12 heteroatoms. The van der Waals surface area contributed by atoms with Gasteiger partial charge in [-0.3, -0.25) is 29.8 Å². The number of hydrogen-bond acceptors (Lipinski definition) is 8. The lowest BCUT2D eigenvalue weighted by Crippen LogP contribution is -2.41. The van der Waals surface area contributed by atoms with Crippen molar-refractivity contribution in [1.29, 1.82) is 0 Å². The van der Waals surface area contributed by atoms with Gasteiger partial charge in [-0.15, -0.1) is 0 Å². The fraction of sp³-hybridized carbons (Fsp3) is 0.200. The first kappa shape index (κ1) is 26.6. The summed E-state index contributed by atoms with van der Waals surface area (Å²) in [7, 11) is 1.44. The summed E-state index contributed by atoms with van der Waals surface area (Å²) in [6.07, 6.45) is -0.362. The first-order chi connectivity index (χ1) is 17.7. The number of rotatable bonds is 11. The van der Waals surface area contributed by atoms with Gasteiger partial charge in [0, 0.05) is 35.4 Å². The third kappa shape index (κ3) is 6.78. The van der Waals surface area contributed by atoms with Crippen LogP contribution in [-0.4, -0.2) is 35.4 Å². The lowest BCUT2D eigenvalue weighted by atomic mass is 10.1. The summed E-state index contributed by atoms with van der Waals surface area (Å²) in [4.78, 5) is 47.0. The maximum absolute atomic E-state index is 13.0. The number of carbonyl (C=O) groups is 2. The van der Waals surface area contributed by atoms with Crippen molar-refractivity contribution in [2.75, 3.05) is 13.7 Å². The molecule has 0 heterocycles. The molecule has 0 aromatic heterocycles. The first-order valence-electron chi connectivity index (χ1n) is 11.1. The van der Waals surface area contributed by atoms with Crippen molar-refractivity contribution in [3.63, 3.8) is 0 Å². The molecule has 0 fully saturated rings. The minimum absolute atomic E-state index is 0.00124. The largest absolute Gasteiger partial charge is 0.493 e. The highest BCUT2D eigenvalue weighted by Crippen LogP contribution is 2.30. The van der Waals surface area contributed by atoms with E-state index in [1.165, 1.54) is 43.5 Å². The number of ether oxygens (including phenoxy) is 2. The highest BCUT2D eigenvalue weighted by molar-refractivity contribution is 5.97. The Morgan fingerprint density at radius 2 is 1.38 bits per heavy atom. The zero-order valence-electron chi connectivity index (χ0n) is 20.0. The second-order valence-electron chi connectivity index (χ2n) is 7.75. The van der Waals surface area contributed by atoms with Crippen molar-refractivity contribution in [2.45, 2.75) is 19.5 Å². The van der Waals surface area contributed by atoms with E-state index in [4.69, 9.17) is 9.47 Å². The van der Waals surface area contributed by atoms with E-state index in [1.807, 2.05) is 6.92 Å². The Morgan fingerprint density at radius 1 is 0.838 bits per heavy atom. The van der Waals surface area contributed by atoms with Crippen LogP contribution in [0.5, 0.6) is 11.5 Å². The second kappa shape index (κ2) is 12.1. The van der Waals surface area contributed by atoms with Crippen LogP contribution in [0.1, 0.15) is 45.8 Å². The van der Waals surface area contributed by atoms with E-state index in [0.717, 1.165) is 18.6 Å². The van der Waals surface area contributed by atoms with Gasteiger partial charge in [0.1, 0.15) is 6.17 Å². The minimum atomic E-state index is -1.13. The third-order valence-electron chi connectivity index (χ3n) is 5.17. The smallest absolute Gasteiger partial charge is 0.270 e. The standard InChI is InChI=1S/C25H24N4O8/c1-3-12-37-21-11-10-16(15-22(21)36-2)23(26-24(30)17-6-4-8-19(13-17)28(32)33)27-25(31)18-7-5-9-20(14-18)29(34)35/h4-11,13-15,23H,3,12H2,1-2H3,(H,26,30)(H,27,31). The number of nitro groups is 2. The van der Waals surface area contributed by atoms with E-state index in [9.17, 15) is 29.8 Å². The average molecular weight is 508 g/mol. The molecule has 3 aromatic rings. The number of carbonyl (C=O) groups excluding carboxylic acids is 2. The SMILES string of the molecule is CCCOc1ccc(C(NC(=O)c2cccc([N+](=O)[O-])c2)NC(=O)c2cccc([N+](=O)[O-])c2)cc1OC. The van der Waals surface area contributed by atoms with Crippen LogP contribution in [0.25, 0.3) is 0 Å². The summed E-state index contributed by atoms with van der Waals surface area (Å²) in [5.41, 5.74) is -0.150. The van der Waals surface area contributed by atoms with Gasteiger partial charge >= 0.3 is 0 Å². The summed E-state index contributed by atoms with van der Waals surface area (Å²) in [6.45, 7) is 2.40. The van der Waals surface area contributed by atoms with Crippen molar-refractivity contribution in [3.05, 3.63) is 104 Å². The fourth-order valence-corrected chi connectivity index (χ4v) is 3.35. The van der Waals surface area contributed by atoms with Crippen LogP contribution >= 0.6 is 0 Å². The van der Waals surface area contributed by atoms with Crippen LogP contribution in [0.3, 0.4) is 0 Å². The minimum Gasteiger partial charge on any atom is -0.493 e. The van der Waals surface area contributed by atoms with E-state index in [2.05, 4.69) is 10.6 Å². The fourth-order valence-electron chi connectivity index (χ4n) is 3.35. The molecule has 3 aromatic carbocycles.